The van der Waals surface area contributed by atoms with E-state index in [2.05, 4.69) is 9.97 Å². The lowest BCUT2D eigenvalue weighted by Gasteiger charge is -2.34. The number of hydrogen-bond acceptors (Lipinski definition) is 6. The number of nitrogens with zero attached hydrogens (tertiary/aromatic N) is 4. The van der Waals surface area contributed by atoms with Crippen LogP contribution < -0.4 is 16.2 Å². The number of hydrogen-bond donors (Lipinski definition) is 1. The Morgan fingerprint density at radius 2 is 2.03 bits per heavy atom. The van der Waals surface area contributed by atoms with Gasteiger partial charge in [-0.2, -0.15) is 0 Å². The molecule has 4 rings (SSSR count). The minimum atomic E-state index is -0.543. The summed E-state index contributed by atoms with van der Waals surface area (Å²) < 4.78 is 21.5. The van der Waals surface area contributed by atoms with Gasteiger partial charge in [0, 0.05) is 37.0 Å². The number of anilines is 1. The second kappa shape index (κ2) is 8.03. The third kappa shape index (κ3) is 3.79. The summed E-state index contributed by atoms with van der Waals surface area (Å²) in [6, 6.07) is 9.69. The Hall–Kier alpha value is -3.59. The van der Waals surface area contributed by atoms with Crippen LogP contribution in [0.25, 0.3) is 11.3 Å². The predicted octanol–water partition coefficient (Wildman–Crippen LogP) is 1.66. The molecule has 1 aromatic carbocycles. The maximum absolute atomic E-state index is 14.2. The van der Waals surface area contributed by atoms with Crippen molar-refractivity contribution in [3.63, 3.8) is 0 Å². The number of nitrogens with two attached hydrogens (primary N) is 1. The number of ether oxygens (including phenoxy) is 1. The highest BCUT2D eigenvalue weighted by molar-refractivity contribution is 5.92. The van der Waals surface area contributed by atoms with Gasteiger partial charge in [0.2, 0.25) is 11.9 Å². The van der Waals surface area contributed by atoms with Gasteiger partial charge in [-0.15, -0.1) is 0 Å². The highest BCUT2D eigenvalue weighted by atomic mass is 19.1. The fourth-order valence-electron chi connectivity index (χ4n) is 3.43. The minimum absolute atomic E-state index is 0.218. The first-order valence-electron chi connectivity index (χ1n) is 9.38. The minimum Gasteiger partial charge on any atom is -0.370 e. The molecule has 0 bridgehead atoms. The van der Waals surface area contributed by atoms with Crippen LogP contribution in [0.5, 0.6) is 0 Å². The van der Waals surface area contributed by atoms with E-state index >= 15 is 0 Å². The number of rotatable bonds is 4. The third-order valence-electron chi connectivity index (χ3n) is 5.08. The second-order valence-electron chi connectivity index (χ2n) is 6.99. The first-order chi connectivity index (χ1) is 14.4. The van der Waals surface area contributed by atoms with Crippen LogP contribution in [0.15, 0.2) is 53.6 Å². The summed E-state index contributed by atoms with van der Waals surface area (Å²) in [6.07, 6.45) is 2.27. The standard InChI is InChI=1S/C21H20FN5O3/c1-26-19(28)10-17(15-6-7-24-11-16(15)22)25-21(26)27-8-9-30-18(12-27)13-2-4-14(5-3-13)20(23)29/h2-7,10-11,18H,8-9,12H2,1H3,(H2,23,29)/t18-/m1/s1. The molecule has 1 aliphatic heterocycles. The molecule has 3 heterocycles. The summed E-state index contributed by atoms with van der Waals surface area (Å²) in [6.45, 7) is 1.39. The average molecular weight is 409 g/mol. The molecule has 0 saturated carbocycles. The van der Waals surface area contributed by atoms with Crippen molar-refractivity contribution >= 4 is 11.9 Å². The number of amides is 1. The number of halogens is 1. The number of primary amides is 1. The Kier molecular flexibility index (Phi) is 5.28. The van der Waals surface area contributed by atoms with Gasteiger partial charge in [0.05, 0.1) is 25.0 Å². The number of carbonyl (C=O) groups is 1. The van der Waals surface area contributed by atoms with Crippen molar-refractivity contribution in [2.75, 3.05) is 24.6 Å². The van der Waals surface area contributed by atoms with Gasteiger partial charge in [0.25, 0.3) is 5.56 Å². The van der Waals surface area contributed by atoms with Crippen molar-refractivity contribution in [1.29, 1.82) is 0 Å². The molecule has 0 unspecified atom stereocenters. The normalized spacial score (nSPS) is 16.5. The zero-order valence-corrected chi connectivity index (χ0v) is 16.3. The van der Waals surface area contributed by atoms with Crippen molar-refractivity contribution in [3.05, 3.63) is 76.1 Å². The number of benzene rings is 1. The smallest absolute Gasteiger partial charge is 0.255 e. The highest BCUT2D eigenvalue weighted by Gasteiger charge is 2.25. The van der Waals surface area contributed by atoms with Gasteiger partial charge in [-0.1, -0.05) is 12.1 Å². The van der Waals surface area contributed by atoms with Gasteiger partial charge < -0.3 is 15.4 Å². The number of carbonyl (C=O) groups excluding carboxylic acids is 1. The van der Waals surface area contributed by atoms with Crippen molar-refractivity contribution < 1.29 is 13.9 Å². The van der Waals surface area contributed by atoms with Crippen molar-refractivity contribution in [2.24, 2.45) is 12.8 Å². The molecule has 1 amide bonds. The molecule has 0 radical (unpaired) electrons. The van der Waals surface area contributed by atoms with E-state index in [1.54, 1.807) is 31.3 Å². The fraction of sp³-hybridized carbons (Fsp3) is 0.238. The molecule has 1 fully saturated rings. The van der Waals surface area contributed by atoms with E-state index in [-0.39, 0.29) is 22.9 Å². The molecule has 9 heteroatoms. The molecular formula is C21H20FN5O3. The molecule has 0 spiro atoms. The Labute approximate surface area is 171 Å². The fourth-order valence-corrected chi connectivity index (χ4v) is 3.43. The zero-order valence-electron chi connectivity index (χ0n) is 16.3. The van der Waals surface area contributed by atoms with Crippen LogP contribution in [0.4, 0.5) is 10.3 Å². The Morgan fingerprint density at radius 3 is 2.73 bits per heavy atom. The van der Waals surface area contributed by atoms with Crippen LogP contribution in [0.2, 0.25) is 0 Å². The van der Waals surface area contributed by atoms with Crippen LogP contribution in [-0.4, -0.2) is 40.1 Å². The molecule has 3 aromatic rings. The van der Waals surface area contributed by atoms with Crippen LogP contribution in [0.1, 0.15) is 22.0 Å². The lowest BCUT2D eigenvalue weighted by molar-refractivity contribution is 0.0389. The molecule has 1 aliphatic rings. The van der Waals surface area contributed by atoms with E-state index in [0.29, 0.717) is 31.2 Å². The SMILES string of the molecule is Cn1c(N2CCO[C@@H](c3ccc(C(N)=O)cc3)C2)nc(-c2ccncc2F)cc1=O. The van der Waals surface area contributed by atoms with Gasteiger partial charge in [0.15, 0.2) is 5.82 Å². The van der Waals surface area contributed by atoms with E-state index in [0.717, 1.165) is 11.8 Å². The second-order valence-corrected chi connectivity index (χ2v) is 6.99. The molecule has 1 saturated heterocycles. The van der Waals surface area contributed by atoms with Crippen LogP contribution >= 0.6 is 0 Å². The molecule has 8 nitrogen and oxygen atoms in total. The Balaban J connectivity index is 1.65. The van der Waals surface area contributed by atoms with Crippen molar-refractivity contribution in [2.45, 2.75) is 6.10 Å². The molecular weight excluding hydrogens is 389 g/mol. The van der Waals surface area contributed by atoms with E-state index in [1.807, 2.05) is 4.90 Å². The predicted molar refractivity (Wildman–Crippen MR) is 109 cm³/mol. The number of aromatic nitrogens is 3. The topological polar surface area (TPSA) is 103 Å². The summed E-state index contributed by atoms with van der Waals surface area (Å²) in [4.78, 5) is 34.0. The van der Waals surface area contributed by atoms with Crippen molar-refractivity contribution in [3.8, 4) is 11.3 Å². The van der Waals surface area contributed by atoms with Gasteiger partial charge in [-0.25, -0.2) is 9.37 Å². The van der Waals surface area contributed by atoms with E-state index in [1.165, 1.54) is 22.9 Å². The quantitative estimate of drug-likeness (QED) is 0.703. The zero-order chi connectivity index (χ0) is 21.3. The van der Waals surface area contributed by atoms with E-state index in [4.69, 9.17) is 10.5 Å². The maximum Gasteiger partial charge on any atom is 0.255 e. The number of pyridine rings is 1. The molecule has 0 aliphatic carbocycles. The lowest BCUT2D eigenvalue weighted by Crippen LogP contribution is -2.41. The van der Waals surface area contributed by atoms with Gasteiger partial charge in [-0.3, -0.25) is 19.1 Å². The monoisotopic (exact) mass is 409 g/mol. The van der Waals surface area contributed by atoms with Gasteiger partial charge in [0.1, 0.15) is 6.10 Å². The highest BCUT2D eigenvalue weighted by Crippen LogP contribution is 2.27. The summed E-state index contributed by atoms with van der Waals surface area (Å²) in [7, 11) is 1.63. The Bertz CT molecular complexity index is 1150. The average Bonchev–Trinajstić information content (AvgIpc) is 2.76. The molecule has 2 aromatic heterocycles. The van der Waals surface area contributed by atoms with Crippen LogP contribution in [-0.2, 0) is 11.8 Å². The van der Waals surface area contributed by atoms with Crippen LogP contribution in [0, 0.1) is 5.82 Å². The van der Waals surface area contributed by atoms with Gasteiger partial charge >= 0.3 is 0 Å². The van der Waals surface area contributed by atoms with Crippen LogP contribution in [0.3, 0.4) is 0 Å². The summed E-state index contributed by atoms with van der Waals surface area (Å²) >= 11 is 0. The van der Waals surface area contributed by atoms with Gasteiger partial charge in [-0.05, 0) is 23.8 Å². The molecule has 154 valence electrons. The van der Waals surface area contributed by atoms with E-state index < -0.39 is 11.7 Å². The third-order valence-corrected chi connectivity index (χ3v) is 5.08. The largest absolute Gasteiger partial charge is 0.370 e. The van der Waals surface area contributed by atoms with Crippen molar-refractivity contribution in [1.82, 2.24) is 14.5 Å². The molecule has 1 atom stereocenters. The summed E-state index contributed by atoms with van der Waals surface area (Å²) in [5, 5.41) is 0. The first kappa shape index (κ1) is 19.7. The summed E-state index contributed by atoms with van der Waals surface area (Å²) in [5.41, 5.74) is 6.77. The maximum atomic E-state index is 14.2. The lowest BCUT2D eigenvalue weighted by atomic mass is 10.1. The van der Waals surface area contributed by atoms with E-state index in [9.17, 15) is 14.0 Å². The molecule has 30 heavy (non-hydrogen) atoms. The molecule has 2 N–H and O–H groups in total. The first-order valence-corrected chi connectivity index (χ1v) is 9.38. The number of morpholine rings is 1. The summed E-state index contributed by atoms with van der Waals surface area (Å²) in [5.74, 6) is -0.610. The Morgan fingerprint density at radius 1 is 1.27 bits per heavy atom.